The zero-order chi connectivity index (χ0) is 27.0. The van der Waals surface area contributed by atoms with E-state index >= 15 is 0 Å². The van der Waals surface area contributed by atoms with E-state index in [1.807, 2.05) is 19.1 Å². The lowest BCUT2D eigenvalue weighted by molar-refractivity contribution is -0.138. The number of nitrogens with zero attached hydrogens (tertiary/aromatic N) is 3. The Morgan fingerprint density at radius 3 is 2.55 bits per heavy atom. The molecule has 2 aliphatic rings. The fraction of sp³-hybridized carbons (Fsp3) is 0.483. The van der Waals surface area contributed by atoms with Crippen LogP contribution in [0.4, 0.5) is 14.9 Å². The number of aromatic nitrogens is 2. The second-order valence-electron chi connectivity index (χ2n) is 10.4. The average molecular weight is 524 g/mol. The number of amides is 1. The lowest BCUT2D eigenvalue weighted by Crippen LogP contribution is -2.42. The van der Waals surface area contributed by atoms with E-state index in [0.717, 1.165) is 60.8 Å². The number of carbonyl (C=O) groups is 2. The number of fused-ring (bicyclic) bond motifs is 3. The molecule has 1 N–H and O–H groups in total. The molecular weight excluding hydrogens is 489 g/mol. The van der Waals surface area contributed by atoms with Crippen molar-refractivity contribution in [2.75, 3.05) is 19.1 Å². The van der Waals surface area contributed by atoms with E-state index < -0.39 is 23.8 Å². The number of carboxylic acid groups (broad SMARTS) is 1. The molecule has 5 rings (SSSR count). The SMILES string of the molecule is COC(=O)N1c2ccc3c(nc(C[C@@H](C(=O)O)c4cccc(F)c4)n3[C@H]3CC[C@H](OC)CC3)c2CC[C@@H]1C. The molecule has 0 saturated heterocycles. The van der Waals surface area contributed by atoms with Crippen molar-refractivity contribution >= 4 is 28.8 Å². The van der Waals surface area contributed by atoms with Gasteiger partial charge in [0.25, 0.3) is 0 Å². The highest BCUT2D eigenvalue weighted by molar-refractivity contribution is 5.95. The maximum Gasteiger partial charge on any atom is 0.414 e. The number of carboxylic acids is 1. The summed E-state index contributed by atoms with van der Waals surface area (Å²) in [5.74, 6) is -1.77. The lowest BCUT2D eigenvalue weighted by atomic mass is 9.91. The van der Waals surface area contributed by atoms with Crippen molar-refractivity contribution in [3.63, 3.8) is 0 Å². The van der Waals surface area contributed by atoms with E-state index in [4.69, 9.17) is 14.5 Å². The van der Waals surface area contributed by atoms with Gasteiger partial charge in [-0.15, -0.1) is 0 Å². The van der Waals surface area contributed by atoms with Crippen molar-refractivity contribution in [1.29, 1.82) is 0 Å². The smallest absolute Gasteiger partial charge is 0.414 e. The molecule has 1 fully saturated rings. The summed E-state index contributed by atoms with van der Waals surface area (Å²) in [5.41, 5.74) is 3.88. The van der Waals surface area contributed by atoms with Crippen LogP contribution in [0.1, 0.15) is 67.9 Å². The third-order valence-electron chi connectivity index (χ3n) is 8.18. The Morgan fingerprint density at radius 1 is 1.13 bits per heavy atom. The first-order valence-corrected chi connectivity index (χ1v) is 13.2. The Kier molecular flexibility index (Phi) is 7.38. The van der Waals surface area contributed by atoms with Crippen LogP contribution < -0.4 is 4.90 Å². The number of ether oxygens (including phenoxy) is 2. The number of aryl methyl sites for hydroxylation is 1. The first-order chi connectivity index (χ1) is 18.3. The molecule has 1 amide bonds. The number of imidazole rings is 1. The topological polar surface area (TPSA) is 93.9 Å². The Hall–Kier alpha value is -3.46. The van der Waals surface area contributed by atoms with Gasteiger partial charge in [-0.1, -0.05) is 12.1 Å². The van der Waals surface area contributed by atoms with E-state index in [1.165, 1.54) is 25.3 Å². The van der Waals surface area contributed by atoms with E-state index in [9.17, 15) is 19.1 Å². The summed E-state index contributed by atoms with van der Waals surface area (Å²) < 4.78 is 26.9. The molecule has 38 heavy (non-hydrogen) atoms. The van der Waals surface area contributed by atoms with Gasteiger partial charge in [0.05, 0.1) is 35.9 Å². The van der Waals surface area contributed by atoms with Gasteiger partial charge in [-0.3, -0.25) is 9.69 Å². The molecule has 2 heterocycles. The molecule has 0 bridgehead atoms. The van der Waals surface area contributed by atoms with Crippen LogP contribution in [-0.2, 0) is 27.1 Å². The van der Waals surface area contributed by atoms with Crippen molar-refractivity contribution in [2.24, 2.45) is 0 Å². The number of carbonyl (C=O) groups excluding carboxylic acids is 1. The van der Waals surface area contributed by atoms with Crippen LogP contribution in [0, 0.1) is 5.82 Å². The van der Waals surface area contributed by atoms with E-state index in [1.54, 1.807) is 18.1 Å². The fourth-order valence-corrected chi connectivity index (χ4v) is 6.17. The van der Waals surface area contributed by atoms with Crippen molar-refractivity contribution in [3.8, 4) is 0 Å². The number of hydrogen-bond donors (Lipinski definition) is 1. The van der Waals surface area contributed by atoms with Gasteiger partial charge < -0.3 is 19.1 Å². The number of hydrogen-bond acceptors (Lipinski definition) is 5. The molecule has 2 atom stereocenters. The largest absolute Gasteiger partial charge is 0.481 e. The number of benzene rings is 2. The molecule has 1 aliphatic heterocycles. The highest BCUT2D eigenvalue weighted by Gasteiger charge is 2.34. The number of aliphatic carboxylic acids is 1. The van der Waals surface area contributed by atoms with Crippen LogP contribution in [0.3, 0.4) is 0 Å². The van der Waals surface area contributed by atoms with E-state index in [2.05, 4.69) is 4.57 Å². The molecule has 0 radical (unpaired) electrons. The van der Waals surface area contributed by atoms with E-state index in [-0.39, 0.29) is 24.6 Å². The number of methoxy groups -OCH3 is 2. The first kappa shape index (κ1) is 26.2. The minimum absolute atomic E-state index is 0.0114. The zero-order valence-electron chi connectivity index (χ0n) is 22.0. The third kappa shape index (κ3) is 4.75. The van der Waals surface area contributed by atoms with Gasteiger partial charge in [-0.25, -0.2) is 14.2 Å². The van der Waals surface area contributed by atoms with Crippen LogP contribution in [-0.4, -0.2) is 53.1 Å². The van der Waals surface area contributed by atoms with Crippen molar-refractivity contribution in [2.45, 2.75) is 76.0 Å². The van der Waals surface area contributed by atoms with Crippen molar-refractivity contribution < 1.29 is 28.6 Å². The molecule has 9 heteroatoms. The first-order valence-electron chi connectivity index (χ1n) is 13.2. The molecule has 1 aromatic heterocycles. The quantitative estimate of drug-likeness (QED) is 0.451. The van der Waals surface area contributed by atoms with Gasteiger partial charge in [-0.05, 0) is 75.3 Å². The highest BCUT2D eigenvalue weighted by atomic mass is 19.1. The van der Waals surface area contributed by atoms with Gasteiger partial charge in [0.1, 0.15) is 11.6 Å². The number of anilines is 1. The van der Waals surface area contributed by atoms with Gasteiger partial charge >= 0.3 is 12.1 Å². The van der Waals surface area contributed by atoms with Crippen LogP contribution in [0.25, 0.3) is 11.0 Å². The van der Waals surface area contributed by atoms with Gasteiger partial charge in [0.15, 0.2) is 0 Å². The molecule has 0 unspecified atom stereocenters. The summed E-state index contributed by atoms with van der Waals surface area (Å²) in [7, 11) is 3.11. The van der Waals surface area contributed by atoms with Crippen molar-refractivity contribution in [3.05, 3.63) is 59.2 Å². The monoisotopic (exact) mass is 523 g/mol. The normalized spacial score (nSPS) is 22.2. The van der Waals surface area contributed by atoms with Gasteiger partial charge in [0.2, 0.25) is 0 Å². The minimum Gasteiger partial charge on any atom is -0.481 e. The summed E-state index contributed by atoms with van der Waals surface area (Å²) in [6.45, 7) is 2.00. The molecule has 1 saturated carbocycles. The Morgan fingerprint density at radius 2 is 1.89 bits per heavy atom. The lowest BCUT2D eigenvalue weighted by Gasteiger charge is -2.34. The summed E-state index contributed by atoms with van der Waals surface area (Å²) in [5, 5.41) is 10.1. The van der Waals surface area contributed by atoms with Gasteiger partial charge in [-0.2, -0.15) is 0 Å². The summed E-state index contributed by atoms with van der Waals surface area (Å²) in [6.07, 6.45) is 5.04. The molecule has 3 aromatic rings. The minimum atomic E-state index is -1.02. The molecule has 8 nitrogen and oxygen atoms in total. The molecule has 2 aromatic carbocycles. The van der Waals surface area contributed by atoms with Crippen LogP contribution >= 0.6 is 0 Å². The second kappa shape index (κ2) is 10.7. The fourth-order valence-electron chi connectivity index (χ4n) is 6.17. The van der Waals surface area contributed by atoms with Crippen LogP contribution in [0.15, 0.2) is 36.4 Å². The van der Waals surface area contributed by atoms with Crippen LogP contribution in [0.2, 0.25) is 0 Å². The second-order valence-corrected chi connectivity index (χ2v) is 10.4. The Bertz CT molecular complexity index is 1350. The predicted molar refractivity (Wildman–Crippen MR) is 141 cm³/mol. The Labute approximate surface area is 221 Å². The predicted octanol–water partition coefficient (Wildman–Crippen LogP) is 5.62. The summed E-state index contributed by atoms with van der Waals surface area (Å²) >= 11 is 0. The van der Waals surface area contributed by atoms with E-state index in [0.29, 0.717) is 11.4 Å². The average Bonchev–Trinajstić information content (AvgIpc) is 3.29. The summed E-state index contributed by atoms with van der Waals surface area (Å²) in [6, 6.07) is 9.85. The van der Waals surface area contributed by atoms with Crippen LogP contribution in [0.5, 0.6) is 0 Å². The molecular formula is C29H34FN3O5. The molecule has 0 spiro atoms. The highest BCUT2D eigenvalue weighted by Crippen LogP contribution is 2.40. The number of halogens is 1. The summed E-state index contributed by atoms with van der Waals surface area (Å²) in [4.78, 5) is 31.7. The number of rotatable bonds is 6. The third-order valence-corrected chi connectivity index (χ3v) is 8.18. The maximum absolute atomic E-state index is 14.0. The maximum atomic E-state index is 14.0. The van der Waals surface area contributed by atoms with Crippen molar-refractivity contribution in [1.82, 2.24) is 9.55 Å². The van der Waals surface area contributed by atoms with Gasteiger partial charge in [0, 0.05) is 31.2 Å². The molecule has 1 aliphatic carbocycles. The molecule has 202 valence electrons. The zero-order valence-corrected chi connectivity index (χ0v) is 22.0. The standard InChI is InChI=1S/C29H34FN3O5/c1-17-7-12-22-24(32(17)29(36)38-3)13-14-25-27(22)31-26(33(25)20-8-10-21(37-2)11-9-20)16-23(28(34)35)18-5-4-6-19(30)15-18/h4-6,13-15,17,20-21,23H,7-12,16H2,1-3H3,(H,34,35)/t17-,20-,21-,23+/m0/s1. The Balaban J connectivity index is 1.63.